The van der Waals surface area contributed by atoms with Gasteiger partial charge in [-0.15, -0.1) is 0 Å². The van der Waals surface area contributed by atoms with Gasteiger partial charge in [0, 0.05) is 6.04 Å². The molecule has 1 fully saturated rings. The van der Waals surface area contributed by atoms with Gasteiger partial charge in [-0.1, -0.05) is 29.8 Å². The monoisotopic (exact) mass is 345 g/mol. The lowest BCUT2D eigenvalue weighted by atomic mass is 9.83. The minimum atomic E-state index is -0.472. The van der Waals surface area contributed by atoms with Gasteiger partial charge in [-0.3, -0.25) is 4.90 Å². The van der Waals surface area contributed by atoms with Crippen molar-refractivity contribution in [1.82, 2.24) is 4.90 Å². The zero-order chi connectivity index (χ0) is 18.0. The van der Waals surface area contributed by atoms with Crippen LogP contribution in [0.15, 0.2) is 35.9 Å². The van der Waals surface area contributed by atoms with E-state index in [9.17, 15) is 9.18 Å². The Balaban J connectivity index is 1.68. The molecule has 3 rings (SSSR count). The summed E-state index contributed by atoms with van der Waals surface area (Å²) in [4.78, 5) is 14.5. The van der Waals surface area contributed by atoms with Crippen molar-refractivity contribution in [1.29, 1.82) is 0 Å². The number of piperidine rings is 1. The summed E-state index contributed by atoms with van der Waals surface area (Å²) in [5, 5.41) is 0. The number of halogens is 1. The van der Waals surface area contributed by atoms with Gasteiger partial charge in [0.25, 0.3) is 0 Å². The summed E-state index contributed by atoms with van der Waals surface area (Å²) in [6.45, 7) is 5.71. The van der Waals surface area contributed by atoms with E-state index in [0.29, 0.717) is 6.42 Å². The number of carbonyl (C=O) groups excluding carboxylic acids is 1. The molecule has 0 saturated carbocycles. The minimum Gasteiger partial charge on any atom is -0.444 e. The van der Waals surface area contributed by atoms with Gasteiger partial charge in [-0.25, -0.2) is 9.18 Å². The normalized spacial score (nSPS) is 23.2. The van der Waals surface area contributed by atoms with Crippen molar-refractivity contribution < 1.29 is 13.9 Å². The summed E-state index contributed by atoms with van der Waals surface area (Å²) in [5.41, 5.74) is 1.64. The highest BCUT2D eigenvalue weighted by Crippen LogP contribution is 2.35. The van der Waals surface area contributed by atoms with Crippen molar-refractivity contribution in [3.8, 4) is 0 Å². The molecule has 1 saturated heterocycles. The van der Waals surface area contributed by atoms with Crippen molar-refractivity contribution in [2.75, 3.05) is 0 Å². The molecule has 2 unspecified atom stereocenters. The standard InChI is InChI=1S/C21H28FNO2/c1-21(2,3)25-20(24)23-17-8-6-9-18(23)14-15(13-17)11-12-16-7-4-5-10-19(16)22/h4-5,7,10,13,17-18H,6,8-9,11-12,14H2,1-3H3. The first-order valence-electron chi connectivity index (χ1n) is 9.28. The molecule has 0 radical (unpaired) electrons. The molecule has 2 heterocycles. The van der Waals surface area contributed by atoms with E-state index in [-0.39, 0.29) is 24.0 Å². The molecule has 2 aliphatic heterocycles. The van der Waals surface area contributed by atoms with Crippen LogP contribution in [0, 0.1) is 5.82 Å². The summed E-state index contributed by atoms with van der Waals surface area (Å²) in [6.07, 6.45) is 7.62. The Labute approximate surface area is 149 Å². The SMILES string of the molecule is CC(C)(C)OC(=O)N1C2C=C(CCc3ccccc3F)CC1CCC2. The Kier molecular flexibility index (Phi) is 5.16. The van der Waals surface area contributed by atoms with Crippen LogP contribution < -0.4 is 0 Å². The molecule has 3 nitrogen and oxygen atoms in total. The Bertz CT molecular complexity index is 662. The van der Waals surface area contributed by atoms with Gasteiger partial charge in [-0.2, -0.15) is 0 Å². The number of ether oxygens (including phenoxy) is 1. The predicted molar refractivity (Wildman–Crippen MR) is 96.9 cm³/mol. The zero-order valence-corrected chi connectivity index (χ0v) is 15.4. The van der Waals surface area contributed by atoms with Gasteiger partial charge in [0.2, 0.25) is 0 Å². The van der Waals surface area contributed by atoms with E-state index in [1.807, 2.05) is 37.8 Å². The molecule has 0 aromatic heterocycles. The van der Waals surface area contributed by atoms with Crippen LogP contribution in [0.5, 0.6) is 0 Å². The Morgan fingerprint density at radius 1 is 1.24 bits per heavy atom. The molecule has 1 aromatic carbocycles. The topological polar surface area (TPSA) is 29.5 Å². The van der Waals surface area contributed by atoms with Crippen molar-refractivity contribution >= 4 is 6.09 Å². The molecule has 0 spiro atoms. The summed E-state index contributed by atoms with van der Waals surface area (Å²) in [5.74, 6) is -0.130. The second-order valence-electron chi connectivity index (χ2n) is 8.16. The van der Waals surface area contributed by atoms with E-state index in [2.05, 4.69) is 6.08 Å². The van der Waals surface area contributed by atoms with E-state index >= 15 is 0 Å². The number of benzene rings is 1. The number of rotatable bonds is 3. The van der Waals surface area contributed by atoms with Gasteiger partial charge in [-0.05, 0) is 70.9 Å². The molecule has 4 heteroatoms. The van der Waals surface area contributed by atoms with Crippen molar-refractivity contribution in [3.63, 3.8) is 0 Å². The second kappa shape index (κ2) is 7.19. The van der Waals surface area contributed by atoms with Crippen molar-refractivity contribution in [2.45, 2.75) is 77.0 Å². The van der Waals surface area contributed by atoms with Gasteiger partial charge in [0.1, 0.15) is 11.4 Å². The van der Waals surface area contributed by atoms with E-state index in [1.165, 1.54) is 11.6 Å². The first kappa shape index (κ1) is 18.0. The number of hydrogen-bond donors (Lipinski definition) is 0. The maximum Gasteiger partial charge on any atom is 0.411 e. The summed E-state index contributed by atoms with van der Waals surface area (Å²) >= 11 is 0. The van der Waals surface area contributed by atoms with Crippen molar-refractivity contribution in [3.05, 3.63) is 47.3 Å². The fourth-order valence-electron chi connectivity index (χ4n) is 3.90. The lowest BCUT2D eigenvalue weighted by Gasteiger charge is -2.45. The predicted octanol–water partition coefficient (Wildman–Crippen LogP) is 5.25. The van der Waals surface area contributed by atoms with E-state index in [0.717, 1.165) is 37.7 Å². The molecule has 2 atom stereocenters. The molecular weight excluding hydrogens is 317 g/mol. The number of fused-ring (bicyclic) bond motifs is 2. The number of hydrogen-bond acceptors (Lipinski definition) is 2. The molecule has 136 valence electrons. The van der Waals surface area contributed by atoms with Crippen LogP contribution in [-0.4, -0.2) is 28.7 Å². The molecule has 2 bridgehead atoms. The van der Waals surface area contributed by atoms with Crippen LogP contribution >= 0.6 is 0 Å². The largest absolute Gasteiger partial charge is 0.444 e. The average molecular weight is 345 g/mol. The first-order valence-corrected chi connectivity index (χ1v) is 9.28. The van der Waals surface area contributed by atoms with Crippen LogP contribution in [0.25, 0.3) is 0 Å². The Hall–Kier alpha value is -1.84. The van der Waals surface area contributed by atoms with E-state index in [1.54, 1.807) is 6.07 Å². The molecule has 0 aliphatic carbocycles. The third kappa shape index (κ3) is 4.42. The highest BCUT2D eigenvalue weighted by molar-refractivity contribution is 5.70. The number of nitrogens with zero attached hydrogens (tertiary/aromatic N) is 1. The highest BCUT2D eigenvalue weighted by Gasteiger charge is 2.38. The minimum absolute atomic E-state index is 0.123. The lowest BCUT2D eigenvalue weighted by Crippen LogP contribution is -2.53. The van der Waals surface area contributed by atoms with Crippen LogP contribution in [-0.2, 0) is 11.2 Å². The van der Waals surface area contributed by atoms with E-state index in [4.69, 9.17) is 4.74 Å². The van der Waals surface area contributed by atoms with Gasteiger partial charge in [0.15, 0.2) is 0 Å². The number of aryl methyl sites for hydroxylation is 1. The third-order valence-electron chi connectivity index (χ3n) is 4.99. The molecule has 1 aromatic rings. The van der Waals surface area contributed by atoms with Crippen LogP contribution in [0.4, 0.5) is 9.18 Å². The van der Waals surface area contributed by atoms with Gasteiger partial charge < -0.3 is 4.74 Å². The first-order chi connectivity index (χ1) is 11.8. The quantitative estimate of drug-likeness (QED) is 0.701. The zero-order valence-electron chi connectivity index (χ0n) is 15.4. The summed E-state index contributed by atoms with van der Waals surface area (Å²) < 4.78 is 19.4. The average Bonchev–Trinajstić information content (AvgIpc) is 2.51. The van der Waals surface area contributed by atoms with Crippen LogP contribution in [0.3, 0.4) is 0 Å². The summed E-state index contributed by atoms with van der Waals surface area (Å²) in [6, 6.07) is 7.32. The fraction of sp³-hybridized carbons (Fsp3) is 0.571. The Morgan fingerprint density at radius 2 is 2.00 bits per heavy atom. The van der Waals surface area contributed by atoms with Crippen LogP contribution in [0.1, 0.15) is 58.4 Å². The molecule has 25 heavy (non-hydrogen) atoms. The lowest BCUT2D eigenvalue weighted by molar-refractivity contribution is -0.00157. The molecule has 1 amide bonds. The number of carbonyl (C=O) groups is 1. The third-order valence-corrected chi connectivity index (χ3v) is 4.99. The van der Waals surface area contributed by atoms with Gasteiger partial charge in [0.05, 0.1) is 6.04 Å². The fourth-order valence-corrected chi connectivity index (χ4v) is 3.90. The maximum absolute atomic E-state index is 13.8. The molecule has 2 aliphatic rings. The second-order valence-corrected chi connectivity index (χ2v) is 8.16. The molecule has 0 N–H and O–H groups in total. The van der Waals surface area contributed by atoms with Gasteiger partial charge >= 0.3 is 6.09 Å². The van der Waals surface area contributed by atoms with Crippen molar-refractivity contribution in [2.24, 2.45) is 0 Å². The summed E-state index contributed by atoms with van der Waals surface area (Å²) in [7, 11) is 0. The van der Waals surface area contributed by atoms with Crippen LogP contribution in [0.2, 0.25) is 0 Å². The Morgan fingerprint density at radius 3 is 2.68 bits per heavy atom. The highest BCUT2D eigenvalue weighted by atomic mass is 19.1. The molecular formula is C21H28FNO2. The smallest absolute Gasteiger partial charge is 0.411 e. The maximum atomic E-state index is 13.8. The number of amides is 1. The van der Waals surface area contributed by atoms with E-state index < -0.39 is 5.60 Å².